The van der Waals surface area contributed by atoms with Gasteiger partial charge in [0.15, 0.2) is 0 Å². The van der Waals surface area contributed by atoms with Crippen molar-refractivity contribution in [3.8, 4) is 0 Å². The molecule has 8 heteroatoms. The van der Waals surface area contributed by atoms with Gasteiger partial charge >= 0.3 is 6.18 Å². The van der Waals surface area contributed by atoms with Crippen LogP contribution in [0.4, 0.5) is 13.2 Å². The minimum atomic E-state index is -4.44. The lowest BCUT2D eigenvalue weighted by Gasteiger charge is -2.38. The van der Waals surface area contributed by atoms with Gasteiger partial charge in [0.25, 0.3) is 0 Å². The fourth-order valence-corrected chi connectivity index (χ4v) is 3.86. The minimum absolute atomic E-state index is 0.0656. The van der Waals surface area contributed by atoms with Gasteiger partial charge in [-0.2, -0.15) is 13.2 Å². The number of aromatic nitrogens is 2. The van der Waals surface area contributed by atoms with Crippen LogP contribution in [0.5, 0.6) is 0 Å². The number of hydrogen-bond donors (Lipinski definition) is 2. The van der Waals surface area contributed by atoms with Gasteiger partial charge < -0.3 is 19.7 Å². The van der Waals surface area contributed by atoms with Gasteiger partial charge in [0.05, 0.1) is 11.2 Å². The number of nitrogens with zero attached hydrogens (tertiary/aromatic N) is 3. The van der Waals surface area contributed by atoms with E-state index in [0.29, 0.717) is 18.9 Å². The number of aryl methyl sites for hydroxylation is 1. The highest BCUT2D eigenvalue weighted by molar-refractivity contribution is 5.29. The molecule has 154 valence electrons. The Morgan fingerprint density at radius 1 is 1.21 bits per heavy atom. The largest absolute Gasteiger partial charge is 0.416 e. The molecular weight excluding hydrogens is 371 g/mol. The fraction of sp³-hybridized carbons (Fsp3) is 0.550. The lowest BCUT2D eigenvalue weighted by Crippen LogP contribution is -2.44. The van der Waals surface area contributed by atoms with Crippen LogP contribution >= 0.6 is 0 Å². The summed E-state index contributed by atoms with van der Waals surface area (Å²) in [6.07, 6.45) is -0.184. The number of piperidine rings is 1. The first-order valence-corrected chi connectivity index (χ1v) is 9.36. The Kier molecular flexibility index (Phi) is 5.84. The number of aliphatic hydroxyl groups is 2. The molecule has 2 atom stereocenters. The lowest BCUT2D eigenvalue weighted by molar-refractivity contribution is -0.137. The molecule has 0 amide bonds. The average molecular weight is 397 g/mol. The van der Waals surface area contributed by atoms with Gasteiger partial charge in [0, 0.05) is 26.0 Å². The Morgan fingerprint density at radius 3 is 2.43 bits per heavy atom. The second kappa shape index (κ2) is 7.85. The first-order valence-electron chi connectivity index (χ1n) is 9.36. The topological polar surface area (TPSA) is 61.5 Å². The molecule has 2 heterocycles. The van der Waals surface area contributed by atoms with E-state index in [1.807, 2.05) is 11.9 Å². The molecule has 1 aromatic heterocycles. The van der Waals surface area contributed by atoms with Crippen LogP contribution in [0.2, 0.25) is 0 Å². The third kappa shape index (κ3) is 4.56. The molecule has 1 aliphatic rings. The molecular formula is C20H26F3N3O2. The van der Waals surface area contributed by atoms with Crippen molar-refractivity contribution < 1.29 is 23.4 Å². The van der Waals surface area contributed by atoms with Gasteiger partial charge in [-0.15, -0.1) is 0 Å². The van der Waals surface area contributed by atoms with E-state index in [2.05, 4.69) is 4.98 Å². The molecule has 1 aliphatic heterocycles. The summed E-state index contributed by atoms with van der Waals surface area (Å²) in [5.41, 5.74) is -1.91. The van der Waals surface area contributed by atoms with Crippen molar-refractivity contribution in [3.63, 3.8) is 0 Å². The third-order valence-electron chi connectivity index (χ3n) is 5.55. The SMILES string of the molecule is Cn1ccnc1[C@@H](O)C1CCN(C[C@@](C)(O)c2cccc(C(F)(F)F)c2)CC1. The summed E-state index contributed by atoms with van der Waals surface area (Å²) in [5, 5.41) is 21.4. The summed E-state index contributed by atoms with van der Waals surface area (Å²) in [6, 6.07) is 4.86. The zero-order valence-electron chi connectivity index (χ0n) is 16.0. The molecule has 0 aliphatic carbocycles. The van der Waals surface area contributed by atoms with Gasteiger partial charge in [-0.25, -0.2) is 4.98 Å². The average Bonchev–Trinajstić information content (AvgIpc) is 3.07. The van der Waals surface area contributed by atoms with Crippen LogP contribution in [0.3, 0.4) is 0 Å². The monoisotopic (exact) mass is 397 g/mol. The molecule has 0 unspecified atom stereocenters. The van der Waals surface area contributed by atoms with Gasteiger partial charge in [-0.1, -0.05) is 12.1 Å². The molecule has 1 aromatic carbocycles. The number of likely N-dealkylation sites (tertiary alicyclic amines) is 1. The fourth-order valence-electron chi connectivity index (χ4n) is 3.86. The molecule has 0 bridgehead atoms. The molecule has 28 heavy (non-hydrogen) atoms. The predicted octanol–water partition coefficient (Wildman–Crippen LogP) is 3.09. The maximum Gasteiger partial charge on any atom is 0.416 e. The Labute approximate surface area is 162 Å². The van der Waals surface area contributed by atoms with Crippen molar-refractivity contribution in [1.82, 2.24) is 14.5 Å². The summed E-state index contributed by atoms with van der Waals surface area (Å²) in [4.78, 5) is 6.23. The Bertz CT molecular complexity index is 796. The van der Waals surface area contributed by atoms with Gasteiger partial charge in [-0.3, -0.25) is 0 Å². The number of alkyl halides is 3. The van der Waals surface area contributed by atoms with Crippen molar-refractivity contribution in [2.24, 2.45) is 13.0 Å². The zero-order valence-corrected chi connectivity index (χ0v) is 16.0. The summed E-state index contributed by atoms with van der Waals surface area (Å²) >= 11 is 0. The van der Waals surface area contributed by atoms with Crippen molar-refractivity contribution in [2.75, 3.05) is 19.6 Å². The highest BCUT2D eigenvalue weighted by Gasteiger charge is 2.35. The molecule has 5 nitrogen and oxygen atoms in total. The summed E-state index contributed by atoms with van der Waals surface area (Å²) in [5.74, 6) is 0.699. The number of β-amino-alcohol motifs (C(OH)–C–C–N with tert-alkyl or cyclic N) is 1. The lowest BCUT2D eigenvalue weighted by atomic mass is 9.88. The van der Waals surface area contributed by atoms with Crippen molar-refractivity contribution in [1.29, 1.82) is 0 Å². The minimum Gasteiger partial charge on any atom is -0.385 e. The molecule has 2 N–H and O–H groups in total. The van der Waals surface area contributed by atoms with Crippen LogP contribution < -0.4 is 0 Å². The second-order valence-corrected chi connectivity index (χ2v) is 7.81. The van der Waals surface area contributed by atoms with Crippen LogP contribution in [0.25, 0.3) is 0 Å². The number of hydrogen-bond acceptors (Lipinski definition) is 4. The molecule has 0 saturated carbocycles. The molecule has 2 aromatic rings. The number of rotatable bonds is 5. The number of aliphatic hydroxyl groups excluding tert-OH is 1. The number of imidazole rings is 1. The molecule has 0 radical (unpaired) electrons. The van der Waals surface area contributed by atoms with E-state index in [0.717, 1.165) is 25.0 Å². The summed E-state index contributed by atoms with van der Waals surface area (Å²) in [7, 11) is 1.84. The summed E-state index contributed by atoms with van der Waals surface area (Å²) in [6.45, 7) is 3.08. The van der Waals surface area contributed by atoms with E-state index in [9.17, 15) is 23.4 Å². The van der Waals surface area contributed by atoms with Crippen molar-refractivity contribution in [2.45, 2.75) is 37.6 Å². The van der Waals surface area contributed by atoms with Crippen molar-refractivity contribution >= 4 is 0 Å². The van der Waals surface area contributed by atoms with E-state index < -0.39 is 23.4 Å². The molecule has 1 fully saturated rings. The summed E-state index contributed by atoms with van der Waals surface area (Å²) < 4.78 is 40.7. The highest BCUT2D eigenvalue weighted by atomic mass is 19.4. The zero-order chi connectivity index (χ0) is 20.5. The number of halogens is 3. The maximum atomic E-state index is 13.0. The first kappa shape index (κ1) is 20.8. The van der Waals surface area contributed by atoms with Crippen LogP contribution in [0.15, 0.2) is 36.7 Å². The third-order valence-corrected chi connectivity index (χ3v) is 5.55. The van der Waals surface area contributed by atoms with Crippen LogP contribution in [-0.4, -0.2) is 44.3 Å². The van der Waals surface area contributed by atoms with E-state index in [-0.39, 0.29) is 18.0 Å². The first-order chi connectivity index (χ1) is 13.1. The van der Waals surface area contributed by atoms with E-state index >= 15 is 0 Å². The number of benzene rings is 1. The van der Waals surface area contributed by atoms with E-state index in [1.54, 1.807) is 17.0 Å². The Morgan fingerprint density at radius 2 is 1.86 bits per heavy atom. The maximum absolute atomic E-state index is 13.0. The Hall–Kier alpha value is -1.90. The quantitative estimate of drug-likeness (QED) is 0.814. The van der Waals surface area contributed by atoms with Gasteiger partial charge in [0.1, 0.15) is 11.9 Å². The van der Waals surface area contributed by atoms with Crippen LogP contribution in [0, 0.1) is 5.92 Å². The molecule has 3 rings (SSSR count). The molecule has 1 saturated heterocycles. The van der Waals surface area contributed by atoms with Crippen LogP contribution in [0.1, 0.15) is 42.8 Å². The van der Waals surface area contributed by atoms with E-state index in [4.69, 9.17) is 0 Å². The predicted molar refractivity (Wildman–Crippen MR) is 98.3 cm³/mol. The normalized spacial score (nSPS) is 20.1. The molecule has 0 spiro atoms. The van der Waals surface area contributed by atoms with E-state index in [1.165, 1.54) is 19.1 Å². The van der Waals surface area contributed by atoms with Gasteiger partial charge in [0.2, 0.25) is 0 Å². The van der Waals surface area contributed by atoms with Crippen LogP contribution in [-0.2, 0) is 18.8 Å². The smallest absolute Gasteiger partial charge is 0.385 e. The standard InChI is InChI=1S/C20H26F3N3O2/c1-19(28,15-4-3-5-16(12-15)20(21,22)23)13-26-9-6-14(7-10-26)17(27)18-24-8-11-25(18)2/h3-5,8,11-12,14,17,27-28H,6-7,9-10,13H2,1-2H3/t17-,19+/m0/s1. The van der Waals surface area contributed by atoms with Crippen molar-refractivity contribution in [3.05, 3.63) is 53.6 Å². The highest BCUT2D eigenvalue weighted by Crippen LogP contribution is 2.34. The Balaban J connectivity index is 1.61. The second-order valence-electron chi connectivity index (χ2n) is 7.81. The van der Waals surface area contributed by atoms with Gasteiger partial charge in [-0.05, 0) is 56.5 Å².